The number of nitrogens with one attached hydrogen (secondary N) is 2. The molecule has 2 rings (SSSR count). The summed E-state index contributed by atoms with van der Waals surface area (Å²) in [6, 6.07) is 3.73. The summed E-state index contributed by atoms with van der Waals surface area (Å²) >= 11 is 0. The highest BCUT2D eigenvalue weighted by molar-refractivity contribution is 7.92. The van der Waals surface area contributed by atoms with Gasteiger partial charge in [-0.2, -0.15) is 5.26 Å². The smallest absolute Gasteiger partial charge is 0.292 e. The van der Waals surface area contributed by atoms with Gasteiger partial charge in [0.25, 0.3) is 11.2 Å². The van der Waals surface area contributed by atoms with Gasteiger partial charge >= 0.3 is 0 Å². The van der Waals surface area contributed by atoms with E-state index in [1.165, 1.54) is 0 Å². The number of anilines is 1. The van der Waals surface area contributed by atoms with Gasteiger partial charge in [0.1, 0.15) is 11.6 Å². The molecule has 0 amide bonds. The summed E-state index contributed by atoms with van der Waals surface area (Å²) in [6.45, 7) is 0. The summed E-state index contributed by atoms with van der Waals surface area (Å²) < 4.78 is 24.1. The summed E-state index contributed by atoms with van der Waals surface area (Å²) in [5.74, 6) is -0.510. The maximum Gasteiger partial charge on any atom is 0.292 e. The molecule has 1 heterocycles. The number of hydrogen-bond acceptors (Lipinski definition) is 7. The van der Waals surface area contributed by atoms with E-state index >= 15 is 0 Å². The van der Waals surface area contributed by atoms with Crippen LogP contribution in [0.2, 0.25) is 0 Å². The number of nitrogens with zero attached hydrogens (tertiary/aromatic N) is 3. The standard InChI is InChI=1S/C10H7N5O5S/c1-21(19,20)14-9-10(16)13-6-2-5(4-11)8(15(17)18)3-7(6)12-9/h2-3H,1H3,(H,12,14)(H,13,16). The lowest BCUT2D eigenvalue weighted by Crippen LogP contribution is -2.20. The van der Waals surface area contributed by atoms with Crippen LogP contribution in [-0.4, -0.2) is 29.6 Å². The molecule has 0 aliphatic heterocycles. The van der Waals surface area contributed by atoms with Crippen LogP contribution in [0.25, 0.3) is 11.0 Å². The van der Waals surface area contributed by atoms with Crippen molar-refractivity contribution in [3.8, 4) is 6.07 Å². The number of rotatable bonds is 3. The Morgan fingerprint density at radius 3 is 2.67 bits per heavy atom. The number of benzene rings is 1. The lowest BCUT2D eigenvalue weighted by atomic mass is 10.1. The molecule has 2 N–H and O–H groups in total. The molecule has 2 aromatic rings. The first-order chi connectivity index (χ1) is 9.71. The van der Waals surface area contributed by atoms with Crippen LogP contribution in [0.15, 0.2) is 16.9 Å². The van der Waals surface area contributed by atoms with E-state index in [0.29, 0.717) is 0 Å². The second-order valence-electron chi connectivity index (χ2n) is 4.04. The van der Waals surface area contributed by atoms with Crippen molar-refractivity contribution in [1.82, 2.24) is 9.97 Å². The van der Waals surface area contributed by atoms with E-state index in [1.54, 1.807) is 6.07 Å². The van der Waals surface area contributed by atoms with Crippen molar-refractivity contribution in [1.29, 1.82) is 5.26 Å². The quantitative estimate of drug-likeness (QED) is 0.599. The SMILES string of the molecule is CS(=O)(=O)Nc1nc2cc([N+](=O)[O-])c(C#N)cc2[nH]c1=O. The van der Waals surface area contributed by atoms with Crippen LogP contribution >= 0.6 is 0 Å². The zero-order chi connectivity index (χ0) is 15.8. The number of aromatic amines is 1. The van der Waals surface area contributed by atoms with E-state index in [0.717, 1.165) is 18.4 Å². The largest absolute Gasteiger partial charge is 0.317 e. The highest BCUT2D eigenvalue weighted by atomic mass is 32.2. The molecule has 0 spiro atoms. The van der Waals surface area contributed by atoms with Gasteiger partial charge in [-0.15, -0.1) is 0 Å². The molecule has 108 valence electrons. The molecule has 10 nitrogen and oxygen atoms in total. The fourth-order valence-electron chi connectivity index (χ4n) is 1.61. The topological polar surface area (TPSA) is 159 Å². The second-order valence-corrected chi connectivity index (χ2v) is 5.79. The fourth-order valence-corrected chi connectivity index (χ4v) is 2.10. The van der Waals surface area contributed by atoms with Crippen molar-refractivity contribution in [2.45, 2.75) is 0 Å². The molecular weight excluding hydrogens is 302 g/mol. The third-order valence-electron chi connectivity index (χ3n) is 2.41. The van der Waals surface area contributed by atoms with Crippen molar-refractivity contribution in [3.05, 3.63) is 38.2 Å². The number of hydrogen-bond donors (Lipinski definition) is 2. The Kier molecular flexibility index (Phi) is 3.32. The zero-order valence-corrected chi connectivity index (χ0v) is 11.3. The number of H-pyrrole nitrogens is 1. The minimum absolute atomic E-state index is 0.0218. The first-order valence-corrected chi connectivity index (χ1v) is 7.21. The van der Waals surface area contributed by atoms with Crippen molar-refractivity contribution >= 4 is 32.6 Å². The van der Waals surface area contributed by atoms with Gasteiger partial charge in [-0.3, -0.25) is 19.6 Å². The molecular formula is C10H7N5O5S. The highest BCUT2D eigenvalue weighted by Gasteiger charge is 2.17. The van der Waals surface area contributed by atoms with E-state index in [4.69, 9.17) is 5.26 Å². The molecule has 1 aromatic heterocycles. The van der Waals surface area contributed by atoms with Crippen LogP contribution in [0, 0.1) is 21.4 Å². The van der Waals surface area contributed by atoms with Crippen molar-refractivity contribution < 1.29 is 13.3 Å². The fraction of sp³-hybridized carbons (Fsp3) is 0.100. The van der Waals surface area contributed by atoms with Crippen molar-refractivity contribution in [2.75, 3.05) is 11.0 Å². The van der Waals surface area contributed by atoms with E-state index in [1.807, 2.05) is 4.72 Å². The number of nitriles is 1. The van der Waals surface area contributed by atoms with Gasteiger partial charge in [-0.05, 0) is 6.07 Å². The molecule has 0 bridgehead atoms. The monoisotopic (exact) mass is 309 g/mol. The predicted octanol–water partition coefficient (Wildman–Crippen LogP) is 0.0745. The van der Waals surface area contributed by atoms with Crippen molar-refractivity contribution in [3.63, 3.8) is 0 Å². The molecule has 0 saturated carbocycles. The van der Waals surface area contributed by atoms with E-state index in [9.17, 15) is 23.3 Å². The normalized spacial score (nSPS) is 11.0. The lowest BCUT2D eigenvalue weighted by Gasteiger charge is -2.04. The van der Waals surface area contributed by atoms with Crippen LogP contribution in [0.5, 0.6) is 0 Å². The van der Waals surface area contributed by atoms with Crippen LogP contribution in [0.4, 0.5) is 11.5 Å². The average molecular weight is 309 g/mol. The molecule has 0 atom stereocenters. The molecule has 11 heteroatoms. The molecule has 0 aliphatic carbocycles. The first kappa shape index (κ1) is 14.4. The van der Waals surface area contributed by atoms with Gasteiger partial charge in [0.05, 0.1) is 22.2 Å². The Bertz CT molecular complexity index is 956. The van der Waals surface area contributed by atoms with Crippen LogP contribution in [-0.2, 0) is 10.0 Å². The van der Waals surface area contributed by atoms with Crippen LogP contribution < -0.4 is 10.3 Å². The summed E-state index contributed by atoms with van der Waals surface area (Å²) in [4.78, 5) is 27.8. The first-order valence-electron chi connectivity index (χ1n) is 5.31. The number of nitro benzene ring substituents is 1. The summed E-state index contributed by atoms with van der Waals surface area (Å²) in [7, 11) is -3.73. The highest BCUT2D eigenvalue weighted by Crippen LogP contribution is 2.23. The van der Waals surface area contributed by atoms with Gasteiger partial charge in [0.2, 0.25) is 15.8 Å². The average Bonchev–Trinajstić information content (AvgIpc) is 2.36. The van der Waals surface area contributed by atoms with Crippen molar-refractivity contribution in [2.24, 2.45) is 0 Å². The Morgan fingerprint density at radius 2 is 2.14 bits per heavy atom. The Hall–Kier alpha value is -3.00. The van der Waals surface area contributed by atoms with Crippen LogP contribution in [0.3, 0.4) is 0 Å². The van der Waals surface area contributed by atoms with Gasteiger partial charge in [-0.25, -0.2) is 13.4 Å². The van der Waals surface area contributed by atoms with Crippen LogP contribution in [0.1, 0.15) is 5.56 Å². The predicted molar refractivity (Wildman–Crippen MR) is 72.2 cm³/mol. The van der Waals surface area contributed by atoms with Gasteiger partial charge < -0.3 is 4.98 Å². The number of nitro groups is 1. The molecule has 0 saturated heterocycles. The Labute approximate surface area is 117 Å². The third-order valence-corrected chi connectivity index (χ3v) is 2.97. The molecule has 0 unspecified atom stereocenters. The van der Waals surface area contributed by atoms with E-state index < -0.39 is 32.0 Å². The minimum atomic E-state index is -3.73. The van der Waals surface area contributed by atoms with E-state index in [-0.39, 0.29) is 16.6 Å². The zero-order valence-electron chi connectivity index (χ0n) is 10.4. The number of sulfonamides is 1. The number of fused-ring (bicyclic) bond motifs is 1. The summed E-state index contributed by atoms with van der Waals surface area (Å²) in [6.07, 6.45) is 0.833. The van der Waals surface area contributed by atoms with Gasteiger partial charge in [0, 0.05) is 6.07 Å². The number of aromatic nitrogens is 2. The minimum Gasteiger partial charge on any atom is -0.317 e. The maximum absolute atomic E-state index is 11.7. The lowest BCUT2D eigenvalue weighted by molar-refractivity contribution is -0.385. The maximum atomic E-state index is 11.7. The molecule has 1 aromatic carbocycles. The molecule has 0 fully saturated rings. The molecule has 21 heavy (non-hydrogen) atoms. The van der Waals surface area contributed by atoms with Gasteiger partial charge in [-0.1, -0.05) is 0 Å². The second kappa shape index (κ2) is 4.84. The third kappa shape index (κ3) is 2.95. The summed E-state index contributed by atoms with van der Waals surface area (Å²) in [5.41, 5.74) is -1.50. The molecule has 0 aliphatic rings. The Balaban J connectivity index is 2.76. The van der Waals surface area contributed by atoms with E-state index in [2.05, 4.69) is 9.97 Å². The van der Waals surface area contributed by atoms with Gasteiger partial charge in [0.15, 0.2) is 0 Å². The Morgan fingerprint density at radius 1 is 1.48 bits per heavy atom. The summed E-state index contributed by atoms with van der Waals surface area (Å²) in [5, 5.41) is 19.7. The molecule has 0 radical (unpaired) electrons.